The van der Waals surface area contributed by atoms with Crippen molar-refractivity contribution in [3.8, 4) is 0 Å². The summed E-state index contributed by atoms with van der Waals surface area (Å²) in [5, 5.41) is 10.5. The fourth-order valence-electron chi connectivity index (χ4n) is 5.85. The molecule has 0 aromatic rings. The summed E-state index contributed by atoms with van der Waals surface area (Å²) in [6.07, 6.45) is 2.05. The minimum absolute atomic E-state index is 0.0413. The fraction of sp³-hybridized carbons (Fsp3) is 0.800. The number of hydrogen-bond donors (Lipinski definition) is 1. The van der Waals surface area contributed by atoms with Gasteiger partial charge < -0.3 is 23.8 Å². The number of carbonyl (C=O) groups is 2. The highest BCUT2D eigenvalue weighted by Crippen LogP contribution is 2.64. The van der Waals surface area contributed by atoms with Crippen LogP contribution in [0.2, 0.25) is 0 Å². The highest BCUT2D eigenvalue weighted by molar-refractivity contribution is 7.53. The Morgan fingerprint density at radius 1 is 1.28 bits per heavy atom. The number of nitrogens with zero attached hydrogens (tertiary/aromatic N) is 1. The maximum absolute atomic E-state index is 12.8. The summed E-state index contributed by atoms with van der Waals surface area (Å²) in [5.41, 5.74) is 0. The van der Waals surface area contributed by atoms with Gasteiger partial charge in [-0.3, -0.25) is 9.36 Å². The van der Waals surface area contributed by atoms with Crippen molar-refractivity contribution in [1.29, 1.82) is 0 Å². The first-order valence-corrected chi connectivity index (χ1v) is 11.8. The van der Waals surface area contributed by atoms with Crippen LogP contribution in [0.4, 0.5) is 0 Å². The number of esters is 1. The highest BCUT2D eigenvalue weighted by atomic mass is 31.2. The smallest absolute Gasteiger partial charge is 0.330 e. The van der Waals surface area contributed by atoms with Gasteiger partial charge in [-0.1, -0.05) is 13.5 Å². The van der Waals surface area contributed by atoms with Gasteiger partial charge >= 0.3 is 13.6 Å². The van der Waals surface area contributed by atoms with Crippen molar-refractivity contribution >= 4 is 19.5 Å². The first kappa shape index (κ1) is 22.5. The molecule has 0 aromatic carbocycles. The molecule has 8 unspecified atom stereocenters. The van der Waals surface area contributed by atoms with Gasteiger partial charge in [0.1, 0.15) is 6.10 Å². The number of fused-ring (bicyclic) bond motifs is 5. The lowest BCUT2D eigenvalue weighted by molar-refractivity contribution is -0.206. The Morgan fingerprint density at radius 2 is 1.93 bits per heavy atom. The van der Waals surface area contributed by atoms with Gasteiger partial charge in [-0.05, 0) is 36.5 Å². The van der Waals surface area contributed by atoms with Crippen LogP contribution in [0.25, 0.3) is 0 Å². The van der Waals surface area contributed by atoms with E-state index in [0.29, 0.717) is 24.3 Å². The van der Waals surface area contributed by atoms with E-state index in [9.17, 15) is 19.3 Å². The Kier molecular flexibility index (Phi) is 6.59. The number of carbonyl (C=O) groups excluding carboxylic acids is 2. The van der Waals surface area contributed by atoms with E-state index in [2.05, 4.69) is 6.58 Å². The molecule has 0 radical (unpaired) electrons. The topological polar surface area (TPSA) is 102 Å². The van der Waals surface area contributed by atoms with E-state index in [4.69, 9.17) is 13.8 Å². The summed E-state index contributed by atoms with van der Waals surface area (Å²) in [6.45, 7) is 5.74. The number of rotatable bonds is 9. The molecule has 2 bridgehead atoms. The van der Waals surface area contributed by atoms with E-state index >= 15 is 0 Å². The number of aliphatic hydroxyl groups excluding tert-OH is 1. The predicted molar refractivity (Wildman–Crippen MR) is 106 cm³/mol. The minimum Gasteiger partial charge on any atom is -0.456 e. The standard InChI is InChI=1S/C20H32NO7P/c1-6-15(22)28-19-16-12-7-13(14(8-12)17(16)18(19)23)9-21(3)20(24)11(2)10-29(25,26-4)27-5/h6,11-14,16-19,23H,1,7-10H2,2-5H3. The molecule has 3 saturated carbocycles. The molecule has 29 heavy (non-hydrogen) atoms. The first-order valence-electron chi connectivity index (χ1n) is 10.1. The molecule has 3 aliphatic carbocycles. The molecule has 0 aromatic heterocycles. The molecule has 0 saturated heterocycles. The fourth-order valence-corrected chi connectivity index (χ4v) is 7.13. The summed E-state index contributed by atoms with van der Waals surface area (Å²) in [4.78, 5) is 26.0. The average molecular weight is 429 g/mol. The molecule has 1 amide bonds. The lowest BCUT2D eigenvalue weighted by Crippen LogP contribution is -2.61. The Hall–Kier alpha value is -1.21. The van der Waals surface area contributed by atoms with Crippen molar-refractivity contribution in [2.24, 2.45) is 35.5 Å². The monoisotopic (exact) mass is 429 g/mol. The van der Waals surface area contributed by atoms with Crippen molar-refractivity contribution in [1.82, 2.24) is 4.90 Å². The molecule has 3 fully saturated rings. The van der Waals surface area contributed by atoms with Crippen LogP contribution in [0.1, 0.15) is 19.8 Å². The largest absolute Gasteiger partial charge is 0.456 e. The maximum Gasteiger partial charge on any atom is 0.330 e. The van der Waals surface area contributed by atoms with Crippen LogP contribution in [0.3, 0.4) is 0 Å². The Morgan fingerprint density at radius 3 is 2.52 bits per heavy atom. The minimum atomic E-state index is -3.25. The van der Waals surface area contributed by atoms with Crippen molar-refractivity contribution in [3.05, 3.63) is 12.7 Å². The summed E-state index contributed by atoms with van der Waals surface area (Å²) in [5.74, 6) is 0.325. The number of ether oxygens (including phenoxy) is 1. The second-order valence-corrected chi connectivity index (χ2v) is 11.0. The second kappa shape index (κ2) is 8.50. The van der Waals surface area contributed by atoms with E-state index in [1.165, 1.54) is 14.2 Å². The average Bonchev–Trinajstić information content (AvgIpc) is 3.25. The van der Waals surface area contributed by atoms with Crippen LogP contribution in [0.15, 0.2) is 12.7 Å². The highest BCUT2D eigenvalue weighted by Gasteiger charge is 2.66. The Labute approximate surface area is 172 Å². The van der Waals surface area contributed by atoms with E-state index in [-0.39, 0.29) is 23.9 Å². The quantitative estimate of drug-likeness (QED) is 0.339. The van der Waals surface area contributed by atoms with E-state index in [0.717, 1.165) is 18.9 Å². The van der Waals surface area contributed by atoms with Gasteiger partial charge in [0.2, 0.25) is 5.91 Å². The third kappa shape index (κ3) is 4.05. The zero-order chi connectivity index (χ0) is 21.5. The molecule has 3 aliphatic rings. The SMILES string of the molecule is C=CC(=O)OC1C(O)C2C3CC(CC3CN(C)C(=O)C(C)CP(=O)(OC)OC)C12. The van der Waals surface area contributed by atoms with Crippen LogP contribution in [0.5, 0.6) is 0 Å². The molecule has 1 N–H and O–H groups in total. The third-order valence-corrected chi connectivity index (χ3v) is 9.27. The van der Waals surface area contributed by atoms with Crippen LogP contribution in [-0.4, -0.2) is 68.1 Å². The number of amides is 1. The van der Waals surface area contributed by atoms with Gasteiger partial charge in [0.15, 0.2) is 0 Å². The maximum atomic E-state index is 12.8. The van der Waals surface area contributed by atoms with Crippen LogP contribution in [0, 0.1) is 35.5 Å². The van der Waals surface area contributed by atoms with Gasteiger partial charge in [0.05, 0.1) is 12.3 Å². The van der Waals surface area contributed by atoms with Crippen molar-refractivity contribution in [3.63, 3.8) is 0 Å². The molecule has 3 rings (SSSR count). The van der Waals surface area contributed by atoms with Crippen LogP contribution >= 0.6 is 7.60 Å². The lowest BCUT2D eigenvalue weighted by atomic mass is 9.59. The molecular weight excluding hydrogens is 397 g/mol. The van der Waals surface area contributed by atoms with Crippen LogP contribution in [-0.2, 0) is 27.9 Å². The third-order valence-electron chi connectivity index (χ3n) is 7.16. The van der Waals surface area contributed by atoms with Gasteiger partial charge in [-0.2, -0.15) is 0 Å². The summed E-state index contributed by atoms with van der Waals surface area (Å²) in [7, 11) is 1.16. The number of aliphatic hydroxyl groups is 1. The summed E-state index contributed by atoms with van der Waals surface area (Å²) >= 11 is 0. The normalized spacial score (nSPS) is 36.1. The first-order chi connectivity index (χ1) is 13.7. The van der Waals surface area contributed by atoms with Crippen LogP contribution < -0.4 is 0 Å². The van der Waals surface area contributed by atoms with Gasteiger partial charge in [-0.25, -0.2) is 4.79 Å². The van der Waals surface area contributed by atoms with E-state index in [1.54, 1.807) is 18.9 Å². The van der Waals surface area contributed by atoms with Gasteiger partial charge in [0.25, 0.3) is 0 Å². The van der Waals surface area contributed by atoms with Crippen molar-refractivity contribution in [2.45, 2.75) is 32.0 Å². The molecule has 0 spiro atoms. The number of hydrogen-bond acceptors (Lipinski definition) is 7. The lowest BCUT2D eigenvalue weighted by Gasteiger charge is -2.52. The summed E-state index contributed by atoms with van der Waals surface area (Å²) in [6, 6.07) is 0. The molecule has 0 aliphatic heterocycles. The Bertz CT molecular complexity index is 705. The molecule has 9 heteroatoms. The summed E-state index contributed by atoms with van der Waals surface area (Å²) < 4.78 is 27.5. The van der Waals surface area contributed by atoms with E-state index < -0.39 is 31.7 Å². The van der Waals surface area contributed by atoms with Crippen molar-refractivity contribution in [2.75, 3.05) is 34.0 Å². The van der Waals surface area contributed by atoms with Gasteiger partial charge in [-0.15, -0.1) is 0 Å². The zero-order valence-electron chi connectivity index (χ0n) is 17.5. The predicted octanol–water partition coefficient (Wildman–Crippen LogP) is 1.93. The van der Waals surface area contributed by atoms with E-state index in [1.807, 2.05) is 0 Å². The van der Waals surface area contributed by atoms with Gasteiger partial charge in [0, 0.05) is 45.7 Å². The molecule has 8 atom stereocenters. The zero-order valence-corrected chi connectivity index (χ0v) is 18.4. The molecular formula is C20H32NO7P. The molecule has 8 nitrogen and oxygen atoms in total. The molecule has 0 heterocycles. The second-order valence-electron chi connectivity index (χ2n) is 8.68. The Balaban J connectivity index is 1.56. The molecule has 164 valence electrons. The van der Waals surface area contributed by atoms with Crippen molar-refractivity contribution < 1.29 is 33.0 Å².